The smallest absolute Gasteiger partial charge is 0.405 e. The Bertz CT molecular complexity index is 1090. The van der Waals surface area contributed by atoms with Crippen molar-refractivity contribution in [2.75, 3.05) is 0 Å². The van der Waals surface area contributed by atoms with Gasteiger partial charge in [-0.3, -0.25) is 0 Å². The zero-order chi connectivity index (χ0) is 21.5. The largest absolute Gasteiger partial charge is 0.573 e. The van der Waals surface area contributed by atoms with E-state index in [4.69, 9.17) is 9.05 Å². The molecule has 1 aliphatic rings. The molecule has 0 fully saturated rings. The molecule has 0 bridgehead atoms. The standard InChI is InChI=1S/C21H18F3N3O3/c1-12-17(13(2)29-26-12)20(3)10-8-14(9-11-20)19-25-18(27-30-19)15-6-4-5-7-16(15)28-21(22,23)24/h4-11,14H,1-3H3. The summed E-state index contributed by atoms with van der Waals surface area (Å²) in [4.78, 5) is 4.28. The van der Waals surface area contributed by atoms with E-state index in [0.29, 0.717) is 0 Å². The van der Waals surface area contributed by atoms with Crippen molar-refractivity contribution in [3.63, 3.8) is 0 Å². The van der Waals surface area contributed by atoms with E-state index in [0.717, 1.165) is 17.0 Å². The third-order valence-corrected chi connectivity index (χ3v) is 4.95. The molecule has 6 nitrogen and oxygen atoms in total. The van der Waals surface area contributed by atoms with Gasteiger partial charge >= 0.3 is 6.36 Å². The van der Waals surface area contributed by atoms with E-state index in [1.54, 1.807) is 6.07 Å². The highest BCUT2D eigenvalue weighted by Gasteiger charge is 2.34. The molecule has 0 radical (unpaired) electrons. The minimum Gasteiger partial charge on any atom is -0.405 e. The van der Waals surface area contributed by atoms with E-state index in [1.165, 1.54) is 18.2 Å². The number of alkyl halides is 3. The van der Waals surface area contributed by atoms with Gasteiger partial charge in [-0.1, -0.05) is 46.8 Å². The van der Waals surface area contributed by atoms with Gasteiger partial charge in [-0.25, -0.2) is 0 Å². The third-order valence-electron chi connectivity index (χ3n) is 4.95. The van der Waals surface area contributed by atoms with E-state index >= 15 is 0 Å². The number of ether oxygens (including phenoxy) is 1. The van der Waals surface area contributed by atoms with Gasteiger partial charge in [0.15, 0.2) is 0 Å². The molecule has 0 saturated heterocycles. The Balaban J connectivity index is 1.59. The van der Waals surface area contributed by atoms with E-state index < -0.39 is 17.5 Å². The lowest BCUT2D eigenvalue weighted by atomic mass is 9.77. The summed E-state index contributed by atoms with van der Waals surface area (Å²) in [6, 6.07) is 5.66. The number of nitrogens with zero attached hydrogens (tertiary/aromatic N) is 3. The molecule has 3 aromatic rings. The molecule has 0 spiro atoms. The molecule has 30 heavy (non-hydrogen) atoms. The molecule has 9 heteroatoms. The first kappa shape index (κ1) is 19.9. The van der Waals surface area contributed by atoms with Crippen molar-refractivity contribution in [1.29, 1.82) is 0 Å². The van der Waals surface area contributed by atoms with Crippen LogP contribution in [0.2, 0.25) is 0 Å². The number of halogens is 3. The van der Waals surface area contributed by atoms with Gasteiger partial charge in [0.1, 0.15) is 11.5 Å². The summed E-state index contributed by atoms with van der Waals surface area (Å²) in [6.45, 7) is 5.78. The predicted molar refractivity (Wildman–Crippen MR) is 101 cm³/mol. The van der Waals surface area contributed by atoms with Crippen molar-refractivity contribution >= 4 is 0 Å². The average molecular weight is 417 g/mol. The SMILES string of the molecule is Cc1noc(C)c1C1(C)C=CC(c2nc(-c3ccccc3OC(F)(F)F)no2)C=C1. The minimum atomic E-state index is -4.82. The van der Waals surface area contributed by atoms with Crippen LogP contribution < -0.4 is 4.74 Å². The fourth-order valence-corrected chi connectivity index (χ4v) is 3.66. The summed E-state index contributed by atoms with van der Waals surface area (Å²) in [5.41, 5.74) is 1.48. The number of hydrogen-bond donors (Lipinski definition) is 0. The fourth-order valence-electron chi connectivity index (χ4n) is 3.66. The Labute approximate surface area is 170 Å². The molecular formula is C21H18F3N3O3. The van der Waals surface area contributed by atoms with Crippen LogP contribution in [0, 0.1) is 13.8 Å². The maximum atomic E-state index is 12.7. The molecule has 0 unspecified atom stereocenters. The number of hydrogen-bond acceptors (Lipinski definition) is 6. The van der Waals surface area contributed by atoms with E-state index in [-0.39, 0.29) is 23.2 Å². The first-order valence-corrected chi connectivity index (χ1v) is 9.17. The number of rotatable bonds is 4. The summed E-state index contributed by atoms with van der Waals surface area (Å²) >= 11 is 0. The molecule has 0 amide bonds. The Hall–Kier alpha value is -3.36. The lowest BCUT2D eigenvalue weighted by Crippen LogP contribution is -2.20. The van der Waals surface area contributed by atoms with Crippen LogP contribution in [0.5, 0.6) is 5.75 Å². The normalized spacial score (nSPS) is 21.2. The van der Waals surface area contributed by atoms with Gasteiger partial charge in [-0.2, -0.15) is 4.98 Å². The van der Waals surface area contributed by atoms with Gasteiger partial charge in [0, 0.05) is 11.0 Å². The molecule has 0 aliphatic heterocycles. The van der Waals surface area contributed by atoms with Crippen molar-refractivity contribution < 1.29 is 27.0 Å². The second-order valence-corrected chi connectivity index (χ2v) is 7.23. The van der Waals surface area contributed by atoms with Crippen LogP contribution in [0.4, 0.5) is 13.2 Å². The number of aromatic nitrogens is 3. The molecule has 1 aromatic carbocycles. The van der Waals surface area contributed by atoms with Crippen molar-refractivity contribution in [3.05, 3.63) is 71.5 Å². The minimum absolute atomic E-state index is 0.0192. The van der Waals surface area contributed by atoms with Crippen LogP contribution in [0.25, 0.3) is 11.4 Å². The van der Waals surface area contributed by atoms with Gasteiger partial charge in [0.2, 0.25) is 11.7 Å². The Morgan fingerprint density at radius 2 is 1.73 bits per heavy atom. The maximum absolute atomic E-state index is 12.7. The highest BCUT2D eigenvalue weighted by atomic mass is 19.4. The predicted octanol–water partition coefficient (Wildman–Crippen LogP) is 5.41. The summed E-state index contributed by atoms with van der Waals surface area (Å²) in [5, 5.41) is 7.85. The molecule has 0 N–H and O–H groups in total. The van der Waals surface area contributed by atoms with Crippen LogP contribution in [-0.4, -0.2) is 21.7 Å². The lowest BCUT2D eigenvalue weighted by molar-refractivity contribution is -0.274. The van der Waals surface area contributed by atoms with Crippen molar-refractivity contribution in [2.24, 2.45) is 0 Å². The van der Waals surface area contributed by atoms with Crippen LogP contribution >= 0.6 is 0 Å². The first-order valence-electron chi connectivity index (χ1n) is 9.17. The topological polar surface area (TPSA) is 74.2 Å². The summed E-state index contributed by atoms with van der Waals surface area (Å²) in [7, 11) is 0. The second-order valence-electron chi connectivity index (χ2n) is 7.23. The van der Waals surface area contributed by atoms with Gasteiger partial charge in [-0.05, 0) is 32.9 Å². The van der Waals surface area contributed by atoms with Crippen molar-refractivity contribution in [2.45, 2.75) is 38.5 Å². The molecular weight excluding hydrogens is 399 g/mol. The van der Waals surface area contributed by atoms with Gasteiger partial charge in [0.25, 0.3) is 0 Å². The molecule has 156 valence electrons. The number of benzene rings is 1. The summed E-state index contributed by atoms with van der Waals surface area (Å²) in [6.07, 6.45) is 2.98. The lowest BCUT2D eigenvalue weighted by Gasteiger charge is -2.26. The number of allylic oxidation sites excluding steroid dienone is 4. The van der Waals surface area contributed by atoms with Crippen LogP contribution in [-0.2, 0) is 5.41 Å². The fraction of sp³-hybridized carbons (Fsp3) is 0.286. The Morgan fingerprint density at radius 3 is 2.37 bits per heavy atom. The van der Waals surface area contributed by atoms with E-state index in [9.17, 15) is 13.2 Å². The third kappa shape index (κ3) is 3.74. The summed E-state index contributed by atoms with van der Waals surface area (Å²) < 4.78 is 52.6. The van der Waals surface area contributed by atoms with E-state index in [2.05, 4.69) is 20.0 Å². The zero-order valence-electron chi connectivity index (χ0n) is 16.4. The van der Waals surface area contributed by atoms with Gasteiger partial charge < -0.3 is 13.8 Å². The molecule has 0 saturated carbocycles. The number of aryl methyl sites for hydroxylation is 2. The van der Waals surface area contributed by atoms with Crippen molar-refractivity contribution in [3.8, 4) is 17.1 Å². The highest BCUT2D eigenvalue weighted by Crippen LogP contribution is 2.38. The first-order chi connectivity index (χ1) is 14.2. The van der Waals surface area contributed by atoms with E-state index in [1.807, 2.05) is 45.1 Å². The number of para-hydroxylation sites is 1. The Kier molecular flexibility index (Phi) is 4.76. The van der Waals surface area contributed by atoms with Gasteiger partial charge in [-0.15, -0.1) is 13.2 Å². The molecule has 2 aromatic heterocycles. The van der Waals surface area contributed by atoms with Crippen LogP contribution in [0.1, 0.15) is 35.7 Å². The van der Waals surface area contributed by atoms with Crippen molar-refractivity contribution in [1.82, 2.24) is 15.3 Å². The Morgan fingerprint density at radius 1 is 1.03 bits per heavy atom. The molecule has 4 rings (SSSR count). The molecule has 1 aliphatic carbocycles. The molecule has 2 heterocycles. The zero-order valence-corrected chi connectivity index (χ0v) is 16.4. The monoisotopic (exact) mass is 417 g/mol. The van der Waals surface area contributed by atoms with Crippen LogP contribution in [0.3, 0.4) is 0 Å². The highest BCUT2D eigenvalue weighted by molar-refractivity contribution is 5.63. The average Bonchev–Trinajstić information content (AvgIpc) is 3.29. The van der Waals surface area contributed by atoms with Gasteiger partial charge in [0.05, 0.1) is 17.2 Å². The quantitative estimate of drug-likeness (QED) is 0.529. The second kappa shape index (κ2) is 7.16. The molecule has 0 atom stereocenters. The van der Waals surface area contributed by atoms with Crippen LogP contribution in [0.15, 0.2) is 57.6 Å². The maximum Gasteiger partial charge on any atom is 0.573 e. The summed E-state index contributed by atoms with van der Waals surface area (Å²) in [5.74, 6) is 0.323.